The van der Waals surface area contributed by atoms with Crippen LogP contribution in [0.3, 0.4) is 0 Å². The third-order valence-corrected chi connectivity index (χ3v) is 5.25. The number of aliphatic hydroxyl groups excluding tert-OH is 1. The van der Waals surface area contributed by atoms with E-state index < -0.39 is 5.79 Å². The zero-order chi connectivity index (χ0) is 22.7. The van der Waals surface area contributed by atoms with E-state index in [1.54, 1.807) is 0 Å². The van der Waals surface area contributed by atoms with Gasteiger partial charge in [-0.3, -0.25) is 0 Å². The van der Waals surface area contributed by atoms with Gasteiger partial charge in [0.15, 0.2) is 5.79 Å². The number of benzene rings is 2. The Morgan fingerprint density at radius 1 is 0.906 bits per heavy atom. The summed E-state index contributed by atoms with van der Waals surface area (Å²) in [6.07, 6.45) is 1.32. The maximum absolute atomic E-state index is 9.51. The van der Waals surface area contributed by atoms with Gasteiger partial charge in [-0.15, -0.1) is 11.8 Å². The number of hydrogen-bond donors (Lipinski definition) is 1. The van der Waals surface area contributed by atoms with Gasteiger partial charge >= 0.3 is 0 Å². The van der Waals surface area contributed by atoms with Crippen LogP contribution in [0.2, 0.25) is 0 Å². The highest BCUT2D eigenvalue weighted by atomic mass is 16.8. The minimum absolute atomic E-state index is 0.0238. The number of rotatable bonds is 11. The largest absolute Gasteiger partial charge is 0.394 e. The summed E-state index contributed by atoms with van der Waals surface area (Å²) in [6, 6.07) is 20.3. The molecule has 3 rings (SSSR count). The summed E-state index contributed by atoms with van der Waals surface area (Å²) in [5, 5.41) is 9.51. The summed E-state index contributed by atoms with van der Waals surface area (Å²) in [6.45, 7) is 5.38. The van der Waals surface area contributed by atoms with Crippen LogP contribution >= 0.6 is 0 Å². The molecular weight excluding hydrogens is 404 g/mol. The average molecular weight is 439 g/mol. The molecule has 1 saturated heterocycles. The summed E-state index contributed by atoms with van der Waals surface area (Å²) < 4.78 is 23.5. The van der Waals surface area contributed by atoms with E-state index in [2.05, 4.69) is 36.1 Å². The Balaban J connectivity index is 1.48. The van der Waals surface area contributed by atoms with Crippen molar-refractivity contribution in [1.29, 1.82) is 0 Å². The Labute approximate surface area is 191 Å². The third kappa shape index (κ3) is 8.38. The van der Waals surface area contributed by atoms with Crippen molar-refractivity contribution in [2.45, 2.75) is 70.4 Å². The van der Waals surface area contributed by atoms with Crippen molar-refractivity contribution in [1.82, 2.24) is 0 Å². The first-order valence-corrected chi connectivity index (χ1v) is 11.2. The normalized spacial score (nSPS) is 20.5. The Bertz CT molecular complexity index is 841. The summed E-state index contributed by atoms with van der Waals surface area (Å²) in [5.74, 6) is 5.74. The van der Waals surface area contributed by atoms with Gasteiger partial charge in [0, 0.05) is 19.4 Å². The molecule has 1 fully saturated rings. The summed E-state index contributed by atoms with van der Waals surface area (Å²) in [4.78, 5) is 0. The molecule has 32 heavy (non-hydrogen) atoms. The van der Waals surface area contributed by atoms with Crippen molar-refractivity contribution in [3.63, 3.8) is 0 Å². The Kier molecular flexibility index (Phi) is 9.73. The first kappa shape index (κ1) is 24.4. The second-order valence-electron chi connectivity index (χ2n) is 8.40. The van der Waals surface area contributed by atoms with E-state index in [0.29, 0.717) is 32.7 Å². The standard InChI is InChI=1S/C27H34O5/c1-27(2)31-25(26(19-28)32-27)16-10-9-15-24(30-21-23-13-7-4-8-14-23)17-18-29-20-22-11-5-3-6-12-22/h3-8,11-14,24-26,28H,15-21H2,1-2H3/t24-,25+,26+/m0/s1. The minimum Gasteiger partial charge on any atom is -0.394 e. The fourth-order valence-electron chi connectivity index (χ4n) is 3.61. The highest BCUT2D eigenvalue weighted by molar-refractivity contribution is 5.14. The topological polar surface area (TPSA) is 57.2 Å². The first-order valence-electron chi connectivity index (χ1n) is 11.2. The van der Waals surface area contributed by atoms with Crippen molar-refractivity contribution in [3.8, 4) is 11.8 Å². The fourth-order valence-corrected chi connectivity index (χ4v) is 3.61. The molecule has 0 unspecified atom stereocenters. The van der Waals surface area contributed by atoms with Crippen molar-refractivity contribution >= 4 is 0 Å². The average Bonchev–Trinajstić information content (AvgIpc) is 3.12. The Hall–Kier alpha value is -2.20. The molecule has 0 spiro atoms. The van der Waals surface area contributed by atoms with Gasteiger partial charge in [0.1, 0.15) is 12.2 Å². The zero-order valence-electron chi connectivity index (χ0n) is 19.0. The van der Waals surface area contributed by atoms with E-state index in [1.165, 1.54) is 0 Å². The van der Waals surface area contributed by atoms with Crippen molar-refractivity contribution < 1.29 is 24.1 Å². The molecule has 3 atom stereocenters. The molecule has 172 valence electrons. The fraction of sp³-hybridized carbons (Fsp3) is 0.481. The van der Waals surface area contributed by atoms with E-state index in [9.17, 15) is 5.11 Å². The van der Waals surface area contributed by atoms with Gasteiger partial charge in [-0.2, -0.15) is 0 Å². The monoisotopic (exact) mass is 438 g/mol. The lowest BCUT2D eigenvalue weighted by Crippen LogP contribution is -2.25. The van der Waals surface area contributed by atoms with Crippen molar-refractivity contribution in [2.75, 3.05) is 13.2 Å². The molecule has 0 aromatic heterocycles. The Morgan fingerprint density at radius 2 is 1.53 bits per heavy atom. The second-order valence-corrected chi connectivity index (χ2v) is 8.40. The van der Waals surface area contributed by atoms with Crippen LogP contribution in [0.4, 0.5) is 0 Å². The van der Waals surface area contributed by atoms with E-state index in [4.69, 9.17) is 18.9 Å². The van der Waals surface area contributed by atoms with Gasteiger partial charge in [0.25, 0.3) is 0 Å². The quantitative estimate of drug-likeness (QED) is 0.414. The predicted octanol–water partition coefficient (Wildman–Crippen LogP) is 4.47. The molecule has 5 heteroatoms. The highest BCUT2D eigenvalue weighted by Crippen LogP contribution is 2.29. The van der Waals surface area contributed by atoms with E-state index in [1.807, 2.05) is 50.2 Å². The SMILES string of the molecule is CC1(C)O[C@H](CO)[C@@H](CC#CC[C@@H](CCOCc2ccccc2)OCc2ccccc2)O1. The molecule has 1 aliphatic heterocycles. The van der Waals surface area contributed by atoms with Crippen LogP contribution in [0.15, 0.2) is 60.7 Å². The highest BCUT2D eigenvalue weighted by Gasteiger charge is 2.40. The molecule has 2 aromatic rings. The molecule has 1 aliphatic rings. The molecule has 0 aliphatic carbocycles. The summed E-state index contributed by atoms with van der Waals surface area (Å²) >= 11 is 0. The molecule has 0 saturated carbocycles. The second kappa shape index (κ2) is 12.7. The summed E-state index contributed by atoms with van der Waals surface area (Å²) in [5.41, 5.74) is 2.30. The lowest BCUT2D eigenvalue weighted by Gasteiger charge is -2.16. The van der Waals surface area contributed by atoms with Crippen LogP contribution in [0.1, 0.15) is 44.2 Å². The van der Waals surface area contributed by atoms with Gasteiger partial charge in [0.05, 0.1) is 25.9 Å². The maximum Gasteiger partial charge on any atom is 0.163 e. The van der Waals surface area contributed by atoms with Crippen molar-refractivity contribution in [3.05, 3.63) is 71.8 Å². The Morgan fingerprint density at radius 3 is 2.19 bits per heavy atom. The molecule has 2 aromatic carbocycles. The molecule has 1 heterocycles. The van der Waals surface area contributed by atoms with Crippen LogP contribution in [-0.4, -0.2) is 42.4 Å². The van der Waals surface area contributed by atoms with Gasteiger partial charge in [-0.1, -0.05) is 60.7 Å². The van der Waals surface area contributed by atoms with Crippen LogP contribution in [0.25, 0.3) is 0 Å². The van der Waals surface area contributed by atoms with E-state index in [0.717, 1.165) is 17.5 Å². The lowest BCUT2D eigenvalue weighted by molar-refractivity contribution is -0.148. The van der Waals surface area contributed by atoms with Crippen LogP contribution in [0.5, 0.6) is 0 Å². The van der Waals surface area contributed by atoms with Gasteiger partial charge in [-0.05, 0) is 31.4 Å². The van der Waals surface area contributed by atoms with E-state index >= 15 is 0 Å². The number of hydrogen-bond acceptors (Lipinski definition) is 5. The van der Waals surface area contributed by atoms with Gasteiger partial charge < -0.3 is 24.1 Å². The number of ether oxygens (including phenoxy) is 4. The molecule has 0 bridgehead atoms. The minimum atomic E-state index is -0.683. The van der Waals surface area contributed by atoms with E-state index in [-0.39, 0.29) is 24.9 Å². The van der Waals surface area contributed by atoms with Crippen LogP contribution in [-0.2, 0) is 32.2 Å². The molecule has 0 amide bonds. The molecule has 0 radical (unpaired) electrons. The number of aliphatic hydroxyl groups is 1. The van der Waals surface area contributed by atoms with Crippen molar-refractivity contribution in [2.24, 2.45) is 0 Å². The maximum atomic E-state index is 9.51. The first-order chi connectivity index (χ1) is 15.6. The van der Waals surface area contributed by atoms with Crippen LogP contribution in [0, 0.1) is 11.8 Å². The molecule has 5 nitrogen and oxygen atoms in total. The van der Waals surface area contributed by atoms with Gasteiger partial charge in [-0.25, -0.2) is 0 Å². The lowest BCUT2D eigenvalue weighted by atomic mass is 10.1. The molecular formula is C27H34O5. The van der Waals surface area contributed by atoms with Gasteiger partial charge in [0.2, 0.25) is 0 Å². The predicted molar refractivity (Wildman–Crippen MR) is 124 cm³/mol. The third-order valence-electron chi connectivity index (χ3n) is 5.25. The molecule has 1 N–H and O–H groups in total. The van der Waals surface area contributed by atoms with Crippen LogP contribution < -0.4 is 0 Å². The zero-order valence-corrected chi connectivity index (χ0v) is 19.0. The smallest absolute Gasteiger partial charge is 0.163 e. The summed E-state index contributed by atoms with van der Waals surface area (Å²) in [7, 11) is 0.